The highest BCUT2D eigenvalue weighted by molar-refractivity contribution is 5.93. The first-order chi connectivity index (χ1) is 8.83. The summed E-state index contributed by atoms with van der Waals surface area (Å²) in [4.78, 5) is 11.7. The van der Waals surface area contributed by atoms with Gasteiger partial charge in [-0.15, -0.1) is 0 Å². The smallest absolute Gasteiger partial charge is 0.230 e. The van der Waals surface area contributed by atoms with Crippen molar-refractivity contribution in [2.45, 2.75) is 0 Å². The molecule has 1 aliphatic heterocycles. The number of nitrogens with one attached hydrogen (secondary N) is 2. The highest BCUT2D eigenvalue weighted by atomic mass is 16.2. The highest BCUT2D eigenvalue weighted by Crippen LogP contribution is 2.14. The SMILES string of the molecule is O=C(Nc1ccc(-n2cccn2)cc1)C1CNC1. The summed E-state index contributed by atoms with van der Waals surface area (Å²) in [6, 6.07) is 9.52. The number of aromatic nitrogens is 2. The second-order valence-electron chi connectivity index (χ2n) is 4.34. The first-order valence-electron chi connectivity index (χ1n) is 5.94. The van der Waals surface area contributed by atoms with Gasteiger partial charge in [-0.3, -0.25) is 4.79 Å². The molecule has 18 heavy (non-hydrogen) atoms. The number of hydrogen-bond acceptors (Lipinski definition) is 3. The van der Waals surface area contributed by atoms with Gasteiger partial charge in [-0.1, -0.05) is 0 Å². The minimum absolute atomic E-state index is 0.0839. The number of anilines is 1. The number of nitrogens with zero attached hydrogens (tertiary/aromatic N) is 2. The van der Waals surface area contributed by atoms with Gasteiger partial charge in [0, 0.05) is 31.2 Å². The predicted octanol–water partition coefficient (Wildman–Crippen LogP) is 1.03. The molecule has 2 N–H and O–H groups in total. The Balaban J connectivity index is 1.69. The Morgan fingerprint density at radius 2 is 2.11 bits per heavy atom. The third kappa shape index (κ3) is 2.12. The molecule has 0 unspecified atom stereocenters. The normalized spacial score (nSPS) is 15.1. The molecule has 0 atom stereocenters. The fourth-order valence-corrected chi connectivity index (χ4v) is 1.84. The molecule has 1 amide bonds. The number of carbonyl (C=O) groups is 1. The molecule has 5 heteroatoms. The maximum atomic E-state index is 11.7. The summed E-state index contributed by atoms with van der Waals surface area (Å²) in [5.74, 6) is 0.191. The molecular weight excluding hydrogens is 228 g/mol. The Kier molecular flexibility index (Phi) is 2.82. The van der Waals surface area contributed by atoms with Crippen LogP contribution in [-0.2, 0) is 4.79 Å². The fraction of sp³-hybridized carbons (Fsp3) is 0.231. The highest BCUT2D eigenvalue weighted by Gasteiger charge is 2.24. The standard InChI is InChI=1S/C13H14N4O/c18-13(10-8-14-9-10)16-11-2-4-12(5-3-11)17-7-1-6-15-17/h1-7,10,14H,8-9H2,(H,16,18). The van der Waals surface area contributed by atoms with Crippen LogP contribution in [0.5, 0.6) is 0 Å². The lowest BCUT2D eigenvalue weighted by Gasteiger charge is -2.25. The van der Waals surface area contributed by atoms with Crippen LogP contribution < -0.4 is 10.6 Å². The Hall–Kier alpha value is -2.14. The fourth-order valence-electron chi connectivity index (χ4n) is 1.84. The van der Waals surface area contributed by atoms with Gasteiger partial charge in [-0.05, 0) is 30.3 Å². The van der Waals surface area contributed by atoms with E-state index in [1.54, 1.807) is 10.9 Å². The second-order valence-corrected chi connectivity index (χ2v) is 4.34. The van der Waals surface area contributed by atoms with Gasteiger partial charge in [-0.25, -0.2) is 4.68 Å². The van der Waals surface area contributed by atoms with Crippen molar-refractivity contribution in [3.05, 3.63) is 42.7 Å². The number of hydrogen-bond donors (Lipinski definition) is 2. The van der Waals surface area contributed by atoms with E-state index in [9.17, 15) is 4.79 Å². The third-order valence-corrected chi connectivity index (χ3v) is 3.06. The summed E-state index contributed by atoms with van der Waals surface area (Å²) in [7, 11) is 0. The Morgan fingerprint density at radius 3 is 2.67 bits per heavy atom. The van der Waals surface area contributed by atoms with Gasteiger partial charge in [0.2, 0.25) is 5.91 Å². The van der Waals surface area contributed by atoms with Gasteiger partial charge in [0.25, 0.3) is 0 Å². The van der Waals surface area contributed by atoms with E-state index in [1.165, 1.54) is 0 Å². The summed E-state index contributed by atoms with van der Waals surface area (Å²) in [6.07, 6.45) is 3.62. The second kappa shape index (κ2) is 4.62. The van der Waals surface area contributed by atoms with E-state index in [2.05, 4.69) is 15.7 Å². The average Bonchev–Trinajstić information content (AvgIpc) is 2.81. The number of carbonyl (C=O) groups excluding carboxylic acids is 1. The maximum absolute atomic E-state index is 11.7. The molecule has 5 nitrogen and oxygen atoms in total. The van der Waals surface area contributed by atoms with Crippen LogP contribution in [0.3, 0.4) is 0 Å². The summed E-state index contributed by atoms with van der Waals surface area (Å²) in [6.45, 7) is 1.55. The van der Waals surface area contributed by atoms with E-state index < -0.39 is 0 Å². The topological polar surface area (TPSA) is 59.0 Å². The van der Waals surface area contributed by atoms with Crippen LogP contribution in [0.4, 0.5) is 5.69 Å². The molecule has 1 saturated heterocycles. The van der Waals surface area contributed by atoms with Crippen molar-refractivity contribution in [2.75, 3.05) is 18.4 Å². The van der Waals surface area contributed by atoms with Gasteiger partial charge in [0.15, 0.2) is 0 Å². The van der Waals surface area contributed by atoms with Gasteiger partial charge in [0.1, 0.15) is 0 Å². The molecule has 3 rings (SSSR count). The molecule has 1 aromatic heterocycles. The van der Waals surface area contributed by atoms with E-state index in [4.69, 9.17) is 0 Å². The van der Waals surface area contributed by atoms with Crippen molar-refractivity contribution < 1.29 is 4.79 Å². The molecule has 1 aliphatic rings. The maximum Gasteiger partial charge on any atom is 0.230 e. The minimum Gasteiger partial charge on any atom is -0.326 e. The van der Waals surface area contributed by atoms with Crippen LogP contribution in [0.15, 0.2) is 42.7 Å². The van der Waals surface area contributed by atoms with E-state index in [-0.39, 0.29) is 11.8 Å². The van der Waals surface area contributed by atoms with Gasteiger partial charge < -0.3 is 10.6 Å². The van der Waals surface area contributed by atoms with Crippen molar-refractivity contribution in [2.24, 2.45) is 5.92 Å². The van der Waals surface area contributed by atoms with E-state index in [0.29, 0.717) is 0 Å². The Bertz CT molecular complexity index is 529. The lowest BCUT2D eigenvalue weighted by molar-refractivity contribution is -0.121. The van der Waals surface area contributed by atoms with E-state index in [1.807, 2.05) is 36.5 Å². The van der Waals surface area contributed by atoms with Gasteiger partial charge in [0.05, 0.1) is 11.6 Å². The molecule has 0 aliphatic carbocycles. The molecule has 2 aromatic rings. The van der Waals surface area contributed by atoms with Crippen molar-refractivity contribution in [3.63, 3.8) is 0 Å². The van der Waals surface area contributed by atoms with Crippen LogP contribution in [-0.4, -0.2) is 28.8 Å². The van der Waals surface area contributed by atoms with Crippen molar-refractivity contribution in [1.82, 2.24) is 15.1 Å². The van der Waals surface area contributed by atoms with Crippen LogP contribution in [0.25, 0.3) is 5.69 Å². The molecule has 1 aromatic carbocycles. The minimum atomic E-state index is 0.0839. The average molecular weight is 242 g/mol. The Labute approximate surface area is 105 Å². The van der Waals surface area contributed by atoms with E-state index in [0.717, 1.165) is 24.5 Å². The molecule has 1 fully saturated rings. The molecule has 0 spiro atoms. The molecule has 0 radical (unpaired) electrons. The number of rotatable bonds is 3. The summed E-state index contributed by atoms with van der Waals surface area (Å²) < 4.78 is 1.78. The molecule has 0 bridgehead atoms. The zero-order valence-electron chi connectivity index (χ0n) is 9.84. The van der Waals surface area contributed by atoms with Crippen LogP contribution in [0.1, 0.15) is 0 Å². The largest absolute Gasteiger partial charge is 0.326 e. The van der Waals surface area contributed by atoms with Crippen molar-refractivity contribution in [3.8, 4) is 5.69 Å². The molecular formula is C13H14N4O. The zero-order valence-corrected chi connectivity index (χ0v) is 9.84. The lowest BCUT2D eigenvalue weighted by Crippen LogP contribution is -2.48. The van der Waals surface area contributed by atoms with Crippen LogP contribution >= 0.6 is 0 Å². The van der Waals surface area contributed by atoms with Crippen molar-refractivity contribution >= 4 is 11.6 Å². The summed E-state index contributed by atoms with van der Waals surface area (Å²) >= 11 is 0. The summed E-state index contributed by atoms with van der Waals surface area (Å²) in [5, 5.41) is 10.1. The number of amides is 1. The zero-order chi connectivity index (χ0) is 12.4. The first-order valence-corrected chi connectivity index (χ1v) is 5.94. The van der Waals surface area contributed by atoms with Gasteiger partial charge in [-0.2, -0.15) is 5.10 Å². The quantitative estimate of drug-likeness (QED) is 0.845. The first kappa shape index (κ1) is 11.0. The van der Waals surface area contributed by atoms with Gasteiger partial charge >= 0.3 is 0 Å². The number of benzene rings is 1. The third-order valence-electron chi connectivity index (χ3n) is 3.06. The van der Waals surface area contributed by atoms with Crippen LogP contribution in [0.2, 0.25) is 0 Å². The lowest BCUT2D eigenvalue weighted by atomic mass is 10.0. The van der Waals surface area contributed by atoms with E-state index >= 15 is 0 Å². The predicted molar refractivity (Wildman–Crippen MR) is 68.6 cm³/mol. The molecule has 2 heterocycles. The monoisotopic (exact) mass is 242 g/mol. The van der Waals surface area contributed by atoms with Crippen LogP contribution in [0, 0.1) is 5.92 Å². The molecule has 0 saturated carbocycles. The van der Waals surface area contributed by atoms with Crippen molar-refractivity contribution in [1.29, 1.82) is 0 Å². The Morgan fingerprint density at radius 1 is 1.33 bits per heavy atom. The molecule has 92 valence electrons. The summed E-state index contributed by atoms with van der Waals surface area (Å²) in [5.41, 5.74) is 1.80.